The van der Waals surface area contributed by atoms with E-state index in [1.54, 1.807) is 19.1 Å². The average molecular weight is 418 g/mol. The number of anilines is 2. The maximum absolute atomic E-state index is 12.8. The first-order valence-electron chi connectivity index (χ1n) is 10.0. The quantitative estimate of drug-likeness (QED) is 0.655. The van der Waals surface area contributed by atoms with E-state index in [-0.39, 0.29) is 17.4 Å². The Balaban J connectivity index is 1.92. The van der Waals surface area contributed by atoms with Crippen molar-refractivity contribution in [3.8, 4) is 11.3 Å². The van der Waals surface area contributed by atoms with Crippen molar-refractivity contribution in [2.24, 2.45) is 0 Å². The Hall–Kier alpha value is -3.74. The average Bonchev–Trinajstić information content (AvgIpc) is 2.72. The Morgan fingerprint density at radius 3 is 2.39 bits per heavy atom. The molecule has 0 aliphatic rings. The number of hydrogen-bond donors (Lipinski definition) is 2. The van der Waals surface area contributed by atoms with E-state index in [0.717, 1.165) is 22.3 Å². The standard InChI is InChI=1S/C24H26N4O3/c1-14-7-6-8-20(16(14)3)26-24(31)17(4)28-23(30)12-11-21(27-28)19-10-9-15(2)22(13-19)25-18(5)29/h6-13,17H,1-5H3,(H,25,29)(H,26,31). The van der Waals surface area contributed by atoms with Gasteiger partial charge in [-0.15, -0.1) is 0 Å². The fourth-order valence-electron chi connectivity index (χ4n) is 3.20. The fraction of sp³-hybridized carbons (Fsp3) is 0.250. The summed E-state index contributed by atoms with van der Waals surface area (Å²) in [5, 5.41) is 10.1. The van der Waals surface area contributed by atoms with Crippen molar-refractivity contribution in [3.05, 3.63) is 75.6 Å². The second kappa shape index (κ2) is 8.95. The van der Waals surface area contributed by atoms with Crippen LogP contribution in [0, 0.1) is 20.8 Å². The van der Waals surface area contributed by atoms with Crippen molar-refractivity contribution in [3.63, 3.8) is 0 Å². The van der Waals surface area contributed by atoms with Crippen LogP contribution in [0.1, 0.15) is 36.6 Å². The third-order valence-corrected chi connectivity index (χ3v) is 5.28. The number of rotatable bonds is 5. The number of hydrogen-bond acceptors (Lipinski definition) is 4. The Morgan fingerprint density at radius 2 is 1.68 bits per heavy atom. The van der Waals surface area contributed by atoms with Crippen molar-refractivity contribution in [2.45, 2.75) is 40.7 Å². The second-order valence-corrected chi connectivity index (χ2v) is 7.62. The van der Waals surface area contributed by atoms with Gasteiger partial charge in [-0.2, -0.15) is 5.10 Å². The molecule has 3 aromatic rings. The van der Waals surface area contributed by atoms with E-state index in [0.29, 0.717) is 17.1 Å². The van der Waals surface area contributed by atoms with Gasteiger partial charge in [0.15, 0.2) is 0 Å². The molecule has 1 unspecified atom stereocenters. The highest BCUT2D eigenvalue weighted by molar-refractivity contribution is 5.94. The van der Waals surface area contributed by atoms with Crippen LogP contribution in [-0.4, -0.2) is 21.6 Å². The largest absolute Gasteiger partial charge is 0.326 e. The first-order valence-corrected chi connectivity index (χ1v) is 10.0. The molecule has 1 aromatic heterocycles. The molecule has 0 saturated heterocycles. The summed E-state index contributed by atoms with van der Waals surface area (Å²) in [6.45, 7) is 8.88. The Kier molecular flexibility index (Phi) is 6.34. The fourth-order valence-corrected chi connectivity index (χ4v) is 3.20. The van der Waals surface area contributed by atoms with E-state index in [4.69, 9.17) is 0 Å². The van der Waals surface area contributed by atoms with Crippen LogP contribution < -0.4 is 16.2 Å². The molecule has 0 spiro atoms. The Labute approximate surface area is 181 Å². The molecule has 3 rings (SSSR count). The van der Waals surface area contributed by atoms with E-state index in [1.807, 2.05) is 51.1 Å². The third kappa shape index (κ3) is 4.88. The van der Waals surface area contributed by atoms with E-state index in [2.05, 4.69) is 15.7 Å². The first kappa shape index (κ1) is 22.0. The number of nitrogens with zero attached hydrogens (tertiary/aromatic N) is 2. The third-order valence-electron chi connectivity index (χ3n) is 5.28. The Bertz CT molecular complexity index is 1210. The summed E-state index contributed by atoms with van der Waals surface area (Å²) in [7, 11) is 0. The van der Waals surface area contributed by atoms with Crippen molar-refractivity contribution < 1.29 is 9.59 Å². The van der Waals surface area contributed by atoms with Crippen molar-refractivity contribution in [2.75, 3.05) is 10.6 Å². The maximum Gasteiger partial charge on any atom is 0.267 e. The van der Waals surface area contributed by atoms with Crippen molar-refractivity contribution in [1.82, 2.24) is 9.78 Å². The molecule has 7 heteroatoms. The van der Waals surface area contributed by atoms with Crippen LogP contribution in [0.15, 0.2) is 53.3 Å². The van der Waals surface area contributed by atoms with Gasteiger partial charge in [0, 0.05) is 29.9 Å². The van der Waals surface area contributed by atoms with Crippen LogP contribution in [0.25, 0.3) is 11.3 Å². The first-order chi connectivity index (χ1) is 14.7. The molecule has 1 heterocycles. The molecule has 0 radical (unpaired) electrons. The summed E-state index contributed by atoms with van der Waals surface area (Å²) in [5.41, 5.74) is 5.21. The van der Waals surface area contributed by atoms with Crippen LogP contribution in [-0.2, 0) is 9.59 Å². The molecule has 7 nitrogen and oxygen atoms in total. The van der Waals surface area contributed by atoms with Gasteiger partial charge in [-0.05, 0) is 62.6 Å². The molecule has 0 saturated carbocycles. The van der Waals surface area contributed by atoms with Crippen LogP contribution in [0.3, 0.4) is 0 Å². The normalized spacial score (nSPS) is 11.6. The van der Waals surface area contributed by atoms with Gasteiger partial charge >= 0.3 is 0 Å². The predicted octanol–water partition coefficient (Wildman–Crippen LogP) is 3.99. The summed E-state index contributed by atoms with van der Waals surface area (Å²) >= 11 is 0. The molecule has 0 aliphatic heterocycles. The molecule has 2 amide bonds. The molecular formula is C24H26N4O3. The number of carbonyl (C=O) groups is 2. The zero-order valence-corrected chi connectivity index (χ0v) is 18.3. The number of carbonyl (C=O) groups excluding carboxylic acids is 2. The topological polar surface area (TPSA) is 93.1 Å². The van der Waals surface area contributed by atoms with Crippen LogP contribution >= 0.6 is 0 Å². The van der Waals surface area contributed by atoms with Crippen LogP contribution in [0.2, 0.25) is 0 Å². The minimum Gasteiger partial charge on any atom is -0.326 e. The summed E-state index contributed by atoms with van der Waals surface area (Å²) in [5.74, 6) is -0.502. The SMILES string of the molecule is CC(=O)Nc1cc(-c2ccc(=O)n(C(C)C(=O)Nc3cccc(C)c3C)n2)ccc1C. The predicted molar refractivity (Wildman–Crippen MR) is 122 cm³/mol. The number of amides is 2. The van der Waals surface area contributed by atoms with E-state index in [9.17, 15) is 14.4 Å². The van der Waals surface area contributed by atoms with Gasteiger partial charge in [-0.3, -0.25) is 14.4 Å². The van der Waals surface area contributed by atoms with Gasteiger partial charge in [0.1, 0.15) is 6.04 Å². The zero-order valence-electron chi connectivity index (χ0n) is 18.3. The number of aryl methyl sites for hydroxylation is 2. The van der Waals surface area contributed by atoms with Crippen LogP contribution in [0.4, 0.5) is 11.4 Å². The molecule has 2 N–H and O–H groups in total. The number of aromatic nitrogens is 2. The van der Waals surface area contributed by atoms with Crippen LogP contribution in [0.5, 0.6) is 0 Å². The lowest BCUT2D eigenvalue weighted by Gasteiger charge is -2.17. The lowest BCUT2D eigenvalue weighted by atomic mass is 10.1. The smallest absolute Gasteiger partial charge is 0.267 e. The summed E-state index contributed by atoms with van der Waals surface area (Å²) in [4.78, 5) is 36.7. The lowest BCUT2D eigenvalue weighted by molar-refractivity contribution is -0.119. The minimum absolute atomic E-state index is 0.171. The molecule has 0 bridgehead atoms. The zero-order chi connectivity index (χ0) is 22.7. The highest BCUT2D eigenvalue weighted by atomic mass is 16.2. The molecule has 160 valence electrons. The van der Waals surface area contributed by atoms with Gasteiger partial charge in [-0.25, -0.2) is 4.68 Å². The van der Waals surface area contributed by atoms with Gasteiger partial charge in [-0.1, -0.05) is 24.3 Å². The van der Waals surface area contributed by atoms with Gasteiger partial charge in [0.2, 0.25) is 11.8 Å². The van der Waals surface area contributed by atoms with Crippen molar-refractivity contribution in [1.29, 1.82) is 0 Å². The highest BCUT2D eigenvalue weighted by Crippen LogP contribution is 2.24. The summed E-state index contributed by atoms with van der Waals surface area (Å²) in [6, 6.07) is 13.4. The van der Waals surface area contributed by atoms with Crippen molar-refractivity contribution >= 4 is 23.2 Å². The highest BCUT2D eigenvalue weighted by Gasteiger charge is 2.19. The van der Waals surface area contributed by atoms with Gasteiger partial charge in [0.25, 0.3) is 5.56 Å². The van der Waals surface area contributed by atoms with E-state index >= 15 is 0 Å². The van der Waals surface area contributed by atoms with E-state index in [1.165, 1.54) is 17.7 Å². The Morgan fingerprint density at radius 1 is 0.935 bits per heavy atom. The monoisotopic (exact) mass is 418 g/mol. The van der Waals surface area contributed by atoms with Gasteiger partial charge in [0.05, 0.1) is 5.69 Å². The van der Waals surface area contributed by atoms with E-state index < -0.39 is 6.04 Å². The number of benzene rings is 2. The lowest BCUT2D eigenvalue weighted by Crippen LogP contribution is -2.33. The van der Waals surface area contributed by atoms with Gasteiger partial charge < -0.3 is 10.6 Å². The number of nitrogens with one attached hydrogen (secondary N) is 2. The molecule has 1 atom stereocenters. The molecule has 0 aliphatic carbocycles. The molecule has 0 fully saturated rings. The summed E-state index contributed by atoms with van der Waals surface area (Å²) < 4.78 is 1.17. The molecular weight excluding hydrogens is 392 g/mol. The maximum atomic E-state index is 12.8. The molecule has 31 heavy (non-hydrogen) atoms. The second-order valence-electron chi connectivity index (χ2n) is 7.62. The summed E-state index contributed by atoms with van der Waals surface area (Å²) in [6.07, 6.45) is 0. The molecule has 2 aromatic carbocycles. The minimum atomic E-state index is -0.812.